The zero-order valence-electron chi connectivity index (χ0n) is 6.70. The van der Waals surface area contributed by atoms with Gasteiger partial charge in [-0.1, -0.05) is 23.2 Å². The van der Waals surface area contributed by atoms with E-state index in [9.17, 15) is 18.0 Å². The van der Waals surface area contributed by atoms with Gasteiger partial charge in [0.25, 0.3) is 5.24 Å². The lowest BCUT2D eigenvalue weighted by molar-refractivity contribution is -0.138. The van der Waals surface area contributed by atoms with Crippen LogP contribution in [0.1, 0.15) is 15.9 Å². The highest BCUT2D eigenvalue weighted by molar-refractivity contribution is 6.69. The first-order valence-electron chi connectivity index (χ1n) is 3.36. The zero-order valence-corrected chi connectivity index (χ0v) is 8.97. The van der Waals surface area contributed by atoms with Gasteiger partial charge in [-0.15, -0.1) is 0 Å². The lowest BCUT2D eigenvalue weighted by Gasteiger charge is -2.11. The SMILES string of the molecule is O=C(Cl)c1c(C(F)(F)F)cnc(Cl)c1Cl. The molecule has 0 radical (unpaired) electrons. The topological polar surface area (TPSA) is 30.0 Å². The molecule has 1 aromatic rings. The highest BCUT2D eigenvalue weighted by Gasteiger charge is 2.37. The molecular weight excluding hydrogens is 277 g/mol. The predicted octanol–water partition coefficient (Wildman–Crippen LogP) is 3.79. The molecule has 15 heavy (non-hydrogen) atoms. The molecule has 0 bridgehead atoms. The minimum Gasteiger partial charge on any atom is -0.276 e. The average molecular weight is 278 g/mol. The first kappa shape index (κ1) is 12.5. The Morgan fingerprint density at radius 2 is 1.87 bits per heavy atom. The van der Waals surface area contributed by atoms with E-state index in [1.807, 2.05) is 0 Å². The zero-order chi connectivity index (χ0) is 11.8. The number of hydrogen-bond acceptors (Lipinski definition) is 2. The minimum absolute atomic E-state index is 0.407. The number of carbonyl (C=O) groups excluding carboxylic acids is 1. The summed E-state index contributed by atoms with van der Waals surface area (Å²) in [5.41, 5.74) is -2.19. The molecule has 8 heteroatoms. The Morgan fingerprint density at radius 1 is 1.33 bits per heavy atom. The van der Waals surface area contributed by atoms with Gasteiger partial charge in [0.15, 0.2) is 0 Å². The summed E-state index contributed by atoms with van der Waals surface area (Å²) in [6, 6.07) is 0. The second-order valence-electron chi connectivity index (χ2n) is 2.42. The van der Waals surface area contributed by atoms with Crippen molar-refractivity contribution < 1.29 is 18.0 Å². The van der Waals surface area contributed by atoms with Crippen LogP contribution >= 0.6 is 34.8 Å². The second-order valence-corrected chi connectivity index (χ2v) is 3.50. The number of carbonyl (C=O) groups is 1. The average Bonchev–Trinajstić information content (AvgIpc) is 2.06. The molecule has 0 N–H and O–H groups in total. The monoisotopic (exact) mass is 277 g/mol. The van der Waals surface area contributed by atoms with Gasteiger partial charge in [-0.3, -0.25) is 4.79 Å². The summed E-state index contributed by atoms with van der Waals surface area (Å²) < 4.78 is 37.1. The fraction of sp³-hybridized carbons (Fsp3) is 0.143. The van der Waals surface area contributed by atoms with E-state index in [0.29, 0.717) is 6.20 Å². The van der Waals surface area contributed by atoms with Crippen LogP contribution in [-0.4, -0.2) is 10.2 Å². The van der Waals surface area contributed by atoms with E-state index in [1.54, 1.807) is 0 Å². The molecule has 0 aliphatic carbocycles. The number of rotatable bonds is 1. The van der Waals surface area contributed by atoms with Gasteiger partial charge in [0.2, 0.25) is 0 Å². The van der Waals surface area contributed by atoms with Crippen molar-refractivity contribution in [3.8, 4) is 0 Å². The van der Waals surface area contributed by atoms with Crippen LogP contribution in [0.25, 0.3) is 0 Å². The van der Waals surface area contributed by atoms with E-state index >= 15 is 0 Å². The quantitative estimate of drug-likeness (QED) is 0.578. The molecule has 0 aromatic carbocycles. The van der Waals surface area contributed by atoms with Crippen molar-refractivity contribution in [2.24, 2.45) is 0 Å². The lowest BCUT2D eigenvalue weighted by Crippen LogP contribution is -2.12. The van der Waals surface area contributed by atoms with Crippen LogP contribution in [-0.2, 0) is 6.18 Å². The number of alkyl halides is 3. The standard InChI is InChI=1S/C7HCl3F3NO/c8-4-3(6(10)15)2(7(11,12)13)1-14-5(4)9/h1H. The van der Waals surface area contributed by atoms with Crippen LogP contribution in [0.4, 0.5) is 13.2 Å². The lowest BCUT2D eigenvalue weighted by atomic mass is 10.1. The van der Waals surface area contributed by atoms with Crippen LogP contribution in [0.15, 0.2) is 6.20 Å². The molecule has 2 nitrogen and oxygen atoms in total. The third-order valence-corrected chi connectivity index (χ3v) is 2.42. The minimum atomic E-state index is -4.76. The van der Waals surface area contributed by atoms with Crippen LogP contribution < -0.4 is 0 Å². The summed E-state index contributed by atoms with van der Waals surface area (Å²) in [6.07, 6.45) is -4.36. The Hall–Kier alpha value is -0.520. The maximum absolute atomic E-state index is 12.4. The van der Waals surface area contributed by atoms with E-state index in [4.69, 9.17) is 34.8 Å². The molecule has 0 saturated heterocycles. The Kier molecular flexibility index (Phi) is 3.48. The van der Waals surface area contributed by atoms with E-state index in [1.165, 1.54) is 0 Å². The molecular formula is C7HCl3F3NO. The molecule has 0 atom stereocenters. The number of nitrogens with zero attached hydrogens (tertiary/aromatic N) is 1. The van der Waals surface area contributed by atoms with Crippen molar-refractivity contribution in [3.63, 3.8) is 0 Å². The van der Waals surface area contributed by atoms with E-state index in [0.717, 1.165) is 0 Å². The largest absolute Gasteiger partial charge is 0.418 e. The van der Waals surface area contributed by atoms with Gasteiger partial charge in [-0.2, -0.15) is 13.2 Å². The summed E-state index contributed by atoms with van der Waals surface area (Å²) in [5, 5.41) is -2.35. The molecule has 0 aliphatic heterocycles. The molecule has 82 valence electrons. The normalized spacial score (nSPS) is 11.6. The molecule has 0 fully saturated rings. The molecule has 0 saturated carbocycles. The van der Waals surface area contributed by atoms with Crippen molar-refractivity contribution in [2.45, 2.75) is 6.18 Å². The fourth-order valence-electron chi connectivity index (χ4n) is 0.871. The molecule has 0 unspecified atom stereocenters. The predicted molar refractivity (Wildman–Crippen MR) is 49.4 cm³/mol. The Morgan fingerprint density at radius 3 is 2.27 bits per heavy atom. The highest BCUT2D eigenvalue weighted by atomic mass is 35.5. The first-order chi connectivity index (χ1) is 6.75. The summed E-state index contributed by atoms with van der Waals surface area (Å²) in [6.45, 7) is 0. The summed E-state index contributed by atoms with van der Waals surface area (Å²) >= 11 is 15.7. The van der Waals surface area contributed by atoms with Gasteiger partial charge in [0, 0.05) is 6.20 Å². The Bertz CT molecular complexity index is 419. The number of halogens is 6. The van der Waals surface area contributed by atoms with E-state index < -0.39 is 32.7 Å². The number of aromatic nitrogens is 1. The number of pyridine rings is 1. The van der Waals surface area contributed by atoms with Crippen LogP contribution in [0.5, 0.6) is 0 Å². The Labute approximate surface area is 96.9 Å². The van der Waals surface area contributed by atoms with Gasteiger partial charge < -0.3 is 0 Å². The van der Waals surface area contributed by atoms with Gasteiger partial charge in [0.1, 0.15) is 5.15 Å². The van der Waals surface area contributed by atoms with Gasteiger partial charge >= 0.3 is 6.18 Å². The molecule has 1 aromatic heterocycles. The summed E-state index contributed by atoms with van der Waals surface area (Å²) in [4.78, 5) is 14.0. The van der Waals surface area contributed by atoms with Crippen molar-refractivity contribution >= 4 is 40.0 Å². The Balaban J connectivity index is 3.55. The maximum Gasteiger partial charge on any atom is 0.418 e. The highest BCUT2D eigenvalue weighted by Crippen LogP contribution is 2.37. The maximum atomic E-state index is 12.4. The fourth-order valence-corrected chi connectivity index (χ4v) is 1.50. The van der Waals surface area contributed by atoms with Crippen molar-refractivity contribution in [3.05, 3.63) is 27.5 Å². The van der Waals surface area contributed by atoms with Crippen LogP contribution in [0.3, 0.4) is 0 Å². The third kappa shape index (κ3) is 2.53. The molecule has 0 spiro atoms. The molecule has 1 heterocycles. The van der Waals surface area contributed by atoms with Crippen molar-refractivity contribution in [1.29, 1.82) is 0 Å². The van der Waals surface area contributed by atoms with Crippen LogP contribution in [0, 0.1) is 0 Å². The van der Waals surface area contributed by atoms with E-state index in [-0.39, 0.29) is 0 Å². The van der Waals surface area contributed by atoms with Crippen molar-refractivity contribution in [1.82, 2.24) is 4.98 Å². The number of hydrogen-bond donors (Lipinski definition) is 0. The van der Waals surface area contributed by atoms with Gasteiger partial charge in [0.05, 0.1) is 16.1 Å². The molecule has 0 aliphatic rings. The molecule has 0 amide bonds. The van der Waals surface area contributed by atoms with Gasteiger partial charge in [-0.25, -0.2) is 4.98 Å². The smallest absolute Gasteiger partial charge is 0.276 e. The third-order valence-electron chi connectivity index (χ3n) is 1.48. The van der Waals surface area contributed by atoms with E-state index in [2.05, 4.69) is 4.98 Å². The summed E-state index contributed by atoms with van der Waals surface area (Å²) in [5.74, 6) is 0. The van der Waals surface area contributed by atoms with Crippen LogP contribution in [0.2, 0.25) is 10.2 Å². The first-order valence-corrected chi connectivity index (χ1v) is 4.49. The van der Waals surface area contributed by atoms with Gasteiger partial charge in [-0.05, 0) is 11.6 Å². The summed E-state index contributed by atoms with van der Waals surface area (Å²) in [7, 11) is 0. The van der Waals surface area contributed by atoms with Crippen molar-refractivity contribution in [2.75, 3.05) is 0 Å². The molecule has 1 rings (SSSR count). The second kappa shape index (κ2) is 4.15.